The van der Waals surface area contributed by atoms with Crippen LogP contribution in [0.2, 0.25) is 0 Å². The molecule has 2 aromatic heterocycles. The number of nitrogens with zero attached hydrogens (tertiary/aromatic N) is 3. The Balaban J connectivity index is 2.01. The Labute approximate surface area is 117 Å². The van der Waals surface area contributed by atoms with Gasteiger partial charge in [-0.3, -0.25) is 4.98 Å². The zero-order valence-corrected chi connectivity index (χ0v) is 11.6. The van der Waals surface area contributed by atoms with E-state index in [0.717, 1.165) is 34.6 Å². The van der Waals surface area contributed by atoms with Crippen LogP contribution < -0.4 is 11.1 Å². The minimum Gasteiger partial charge on any atom is -0.394 e. The maximum Gasteiger partial charge on any atom is 0.152 e. The Morgan fingerprint density at radius 1 is 1.30 bits per heavy atom. The van der Waals surface area contributed by atoms with Gasteiger partial charge >= 0.3 is 0 Å². The van der Waals surface area contributed by atoms with E-state index in [0.29, 0.717) is 5.69 Å². The van der Waals surface area contributed by atoms with Gasteiger partial charge in [0.15, 0.2) is 5.82 Å². The summed E-state index contributed by atoms with van der Waals surface area (Å²) in [7, 11) is 0. The van der Waals surface area contributed by atoms with Crippen LogP contribution in [-0.2, 0) is 6.54 Å². The number of hydrogen-bond donors (Lipinski definition) is 2. The van der Waals surface area contributed by atoms with Crippen LogP contribution in [0, 0.1) is 6.92 Å². The van der Waals surface area contributed by atoms with Gasteiger partial charge in [-0.1, -0.05) is 6.07 Å². The smallest absolute Gasteiger partial charge is 0.152 e. The van der Waals surface area contributed by atoms with Crippen LogP contribution in [0.25, 0.3) is 10.9 Å². The Bertz CT molecular complexity index is 760. The molecule has 2 heterocycles. The number of anilines is 3. The number of nitrogens with one attached hydrogen (secondary N) is 1. The Kier molecular flexibility index (Phi) is 3.02. The molecule has 1 aromatic carbocycles. The minimum absolute atomic E-state index is 0.693. The Hall–Kier alpha value is -2.56. The number of hydrogen-bond acceptors (Lipinski definition) is 4. The molecule has 0 fully saturated rings. The summed E-state index contributed by atoms with van der Waals surface area (Å²) in [5, 5.41) is 8.85. The molecule has 5 nitrogen and oxygen atoms in total. The first-order valence-corrected chi connectivity index (χ1v) is 6.63. The van der Waals surface area contributed by atoms with E-state index < -0.39 is 0 Å². The van der Waals surface area contributed by atoms with Crippen molar-refractivity contribution in [3.05, 3.63) is 42.2 Å². The summed E-state index contributed by atoms with van der Waals surface area (Å²) in [6.45, 7) is 4.73. The highest BCUT2D eigenvalue weighted by Gasteiger charge is 2.11. The van der Waals surface area contributed by atoms with Gasteiger partial charge in [-0.25, -0.2) is 4.68 Å². The molecule has 3 rings (SSSR count). The van der Waals surface area contributed by atoms with E-state index in [9.17, 15) is 0 Å². The van der Waals surface area contributed by atoms with Crippen molar-refractivity contribution in [3.8, 4) is 0 Å². The van der Waals surface area contributed by atoms with Gasteiger partial charge in [-0.2, -0.15) is 5.10 Å². The van der Waals surface area contributed by atoms with Crippen molar-refractivity contribution in [2.75, 3.05) is 11.1 Å². The lowest BCUT2D eigenvalue weighted by atomic mass is 10.2. The highest BCUT2D eigenvalue weighted by Crippen LogP contribution is 2.27. The quantitative estimate of drug-likeness (QED) is 0.765. The third-order valence-corrected chi connectivity index (χ3v) is 3.34. The third-order valence-electron chi connectivity index (χ3n) is 3.34. The molecule has 0 bridgehead atoms. The van der Waals surface area contributed by atoms with Crippen molar-refractivity contribution in [3.63, 3.8) is 0 Å². The van der Waals surface area contributed by atoms with Gasteiger partial charge in [-0.15, -0.1) is 0 Å². The average molecular weight is 267 g/mol. The third kappa shape index (κ3) is 2.07. The standard InChI is InChI=1S/C15H17N5/c1-3-20-15(14(16)10(2)19-20)18-12-6-7-13-11(9-12)5-4-8-17-13/h4-9,18H,3,16H2,1-2H3. The monoisotopic (exact) mass is 267 g/mol. The van der Waals surface area contributed by atoms with E-state index in [1.54, 1.807) is 6.20 Å². The van der Waals surface area contributed by atoms with Gasteiger partial charge in [0.1, 0.15) is 0 Å². The summed E-state index contributed by atoms with van der Waals surface area (Å²) < 4.78 is 1.87. The predicted molar refractivity (Wildman–Crippen MR) is 82.1 cm³/mol. The van der Waals surface area contributed by atoms with E-state index in [4.69, 9.17) is 5.73 Å². The molecular weight excluding hydrogens is 250 g/mol. The lowest BCUT2D eigenvalue weighted by Crippen LogP contribution is -2.04. The highest BCUT2D eigenvalue weighted by atomic mass is 15.3. The number of rotatable bonds is 3. The fourth-order valence-corrected chi connectivity index (χ4v) is 2.25. The molecule has 20 heavy (non-hydrogen) atoms. The molecule has 5 heteroatoms. The molecule has 0 aliphatic heterocycles. The molecule has 0 spiro atoms. The number of benzene rings is 1. The van der Waals surface area contributed by atoms with E-state index in [-0.39, 0.29) is 0 Å². The number of pyridine rings is 1. The molecular formula is C15H17N5. The van der Waals surface area contributed by atoms with Crippen molar-refractivity contribution in [2.24, 2.45) is 0 Å². The summed E-state index contributed by atoms with van der Waals surface area (Å²) in [6, 6.07) is 10.0. The van der Waals surface area contributed by atoms with Crippen molar-refractivity contribution in [1.29, 1.82) is 0 Å². The first kappa shape index (κ1) is 12.5. The van der Waals surface area contributed by atoms with E-state index in [1.807, 2.05) is 42.8 Å². The van der Waals surface area contributed by atoms with Crippen molar-refractivity contribution in [1.82, 2.24) is 14.8 Å². The second-order valence-corrected chi connectivity index (χ2v) is 4.70. The molecule has 0 amide bonds. The molecule has 0 saturated heterocycles. The zero-order valence-electron chi connectivity index (χ0n) is 11.6. The van der Waals surface area contributed by atoms with Crippen LogP contribution in [0.1, 0.15) is 12.6 Å². The fourth-order valence-electron chi connectivity index (χ4n) is 2.25. The number of fused-ring (bicyclic) bond motifs is 1. The lowest BCUT2D eigenvalue weighted by molar-refractivity contribution is 0.661. The first-order chi connectivity index (χ1) is 9.69. The summed E-state index contributed by atoms with van der Waals surface area (Å²) in [5.41, 5.74) is 9.57. The second kappa shape index (κ2) is 4.85. The van der Waals surface area contributed by atoms with E-state index >= 15 is 0 Å². The second-order valence-electron chi connectivity index (χ2n) is 4.70. The lowest BCUT2D eigenvalue weighted by Gasteiger charge is -2.10. The summed E-state index contributed by atoms with van der Waals surface area (Å²) in [4.78, 5) is 4.31. The van der Waals surface area contributed by atoms with Gasteiger partial charge in [0.2, 0.25) is 0 Å². The minimum atomic E-state index is 0.693. The molecule has 3 aromatic rings. The van der Waals surface area contributed by atoms with Gasteiger partial charge < -0.3 is 11.1 Å². The number of nitrogens with two attached hydrogens (primary N) is 1. The van der Waals surface area contributed by atoms with Crippen LogP contribution in [0.3, 0.4) is 0 Å². The largest absolute Gasteiger partial charge is 0.394 e. The highest BCUT2D eigenvalue weighted by molar-refractivity contribution is 5.84. The first-order valence-electron chi connectivity index (χ1n) is 6.63. The summed E-state index contributed by atoms with van der Waals surface area (Å²) in [6.07, 6.45) is 1.79. The normalized spacial score (nSPS) is 10.9. The SMILES string of the molecule is CCn1nc(C)c(N)c1Nc1ccc2ncccc2c1. The van der Waals surface area contributed by atoms with Crippen molar-refractivity contribution >= 4 is 28.1 Å². The topological polar surface area (TPSA) is 68.8 Å². The molecule has 0 aliphatic rings. The Morgan fingerprint density at radius 2 is 2.15 bits per heavy atom. The maximum absolute atomic E-state index is 6.08. The van der Waals surface area contributed by atoms with E-state index in [1.165, 1.54) is 0 Å². The number of aromatic nitrogens is 3. The zero-order chi connectivity index (χ0) is 14.1. The van der Waals surface area contributed by atoms with Crippen LogP contribution >= 0.6 is 0 Å². The van der Waals surface area contributed by atoms with Gasteiger partial charge in [0, 0.05) is 23.8 Å². The Morgan fingerprint density at radius 3 is 2.95 bits per heavy atom. The van der Waals surface area contributed by atoms with Gasteiger partial charge in [-0.05, 0) is 38.1 Å². The molecule has 3 N–H and O–H groups in total. The number of nitrogen functional groups attached to an aromatic ring is 1. The predicted octanol–water partition coefficient (Wildman–Crippen LogP) is 3.09. The van der Waals surface area contributed by atoms with Crippen LogP contribution in [0.15, 0.2) is 36.5 Å². The van der Waals surface area contributed by atoms with Crippen LogP contribution in [0.5, 0.6) is 0 Å². The van der Waals surface area contributed by atoms with Crippen molar-refractivity contribution in [2.45, 2.75) is 20.4 Å². The van der Waals surface area contributed by atoms with Crippen LogP contribution in [0.4, 0.5) is 17.2 Å². The molecule has 0 saturated carbocycles. The van der Waals surface area contributed by atoms with E-state index in [2.05, 4.69) is 21.5 Å². The molecule has 0 unspecified atom stereocenters. The van der Waals surface area contributed by atoms with Gasteiger partial charge in [0.05, 0.1) is 16.9 Å². The summed E-state index contributed by atoms with van der Waals surface area (Å²) >= 11 is 0. The van der Waals surface area contributed by atoms with Gasteiger partial charge in [0.25, 0.3) is 0 Å². The average Bonchev–Trinajstić information content (AvgIpc) is 2.75. The van der Waals surface area contributed by atoms with Crippen molar-refractivity contribution < 1.29 is 0 Å². The fraction of sp³-hybridized carbons (Fsp3) is 0.200. The molecule has 0 radical (unpaired) electrons. The van der Waals surface area contributed by atoms with Crippen LogP contribution in [-0.4, -0.2) is 14.8 Å². The number of aryl methyl sites for hydroxylation is 2. The molecule has 102 valence electrons. The molecule has 0 aliphatic carbocycles. The molecule has 0 atom stereocenters. The summed E-state index contributed by atoms with van der Waals surface area (Å²) in [5.74, 6) is 0.841. The maximum atomic E-state index is 6.08.